The molecule has 98 valence electrons. The number of thiophene rings is 1. The van der Waals surface area contributed by atoms with Crippen LogP contribution in [-0.2, 0) is 4.79 Å². The Balaban J connectivity index is 1.69. The van der Waals surface area contributed by atoms with Crippen molar-refractivity contribution in [1.82, 2.24) is 10.2 Å². The first kappa shape index (κ1) is 12.8. The van der Waals surface area contributed by atoms with Gasteiger partial charge in [-0.25, -0.2) is 0 Å². The van der Waals surface area contributed by atoms with E-state index in [2.05, 4.69) is 22.1 Å². The molecule has 18 heavy (non-hydrogen) atoms. The Bertz CT molecular complexity index is 403. The molecule has 0 aromatic carbocycles. The second-order valence-electron chi connectivity index (χ2n) is 4.45. The minimum atomic E-state index is 0.0938. The minimum Gasteiger partial charge on any atom is -0.321 e. The molecule has 2 fully saturated rings. The van der Waals surface area contributed by atoms with Crippen LogP contribution in [0.1, 0.15) is 11.7 Å². The van der Waals surface area contributed by atoms with E-state index in [-0.39, 0.29) is 12.1 Å². The van der Waals surface area contributed by atoms with Crippen LogP contribution in [0.5, 0.6) is 0 Å². The van der Waals surface area contributed by atoms with E-state index in [1.807, 2.05) is 28.4 Å². The molecule has 3 rings (SSSR count). The first-order valence-electron chi connectivity index (χ1n) is 6.09. The van der Waals surface area contributed by atoms with E-state index in [4.69, 9.17) is 0 Å². The molecule has 2 aliphatic rings. The Morgan fingerprint density at radius 2 is 2.39 bits per heavy atom. The first-order chi connectivity index (χ1) is 8.84. The second-order valence-corrected chi connectivity index (χ2v) is 7.79. The number of amides is 1. The van der Waals surface area contributed by atoms with Crippen molar-refractivity contribution >= 4 is 40.8 Å². The molecule has 2 saturated heterocycles. The Morgan fingerprint density at radius 1 is 1.44 bits per heavy atom. The fraction of sp³-hybridized carbons (Fsp3) is 0.583. The Hall–Kier alpha value is -0.170. The smallest absolute Gasteiger partial charge is 0.238 e. The summed E-state index contributed by atoms with van der Waals surface area (Å²) in [6.07, 6.45) is 0.0938. The second kappa shape index (κ2) is 5.86. The highest BCUT2D eigenvalue weighted by Gasteiger charge is 2.33. The third-order valence-electron chi connectivity index (χ3n) is 3.22. The van der Waals surface area contributed by atoms with Crippen molar-refractivity contribution in [1.29, 1.82) is 0 Å². The van der Waals surface area contributed by atoms with Crippen molar-refractivity contribution < 1.29 is 4.79 Å². The fourth-order valence-corrected chi connectivity index (χ4v) is 5.68. The molecule has 1 aromatic heterocycles. The van der Waals surface area contributed by atoms with Crippen molar-refractivity contribution in [2.24, 2.45) is 0 Å². The maximum atomic E-state index is 12.0. The van der Waals surface area contributed by atoms with Gasteiger partial charge in [0, 0.05) is 29.1 Å². The average molecular weight is 300 g/mol. The first-order valence-corrected chi connectivity index (χ1v) is 9.23. The van der Waals surface area contributed by atoms with Crippen LogP contribution < -0.4 is 5.32 Å². The molecule has 2 atom stereocenters. The summed E-state index contributed by atoms with van der Waals surface area (Å²) in [4.78, 5) is 14.0. The van der Waals surface area contributed by atoms with Crippen LogP contribution in [0.3, 0.4) is 0 Å². The van der Waals surface area contributed by atoms with Gasteiger partial charge >= 0.3 is 0 Å². The summed E-state index contributed by atoms with van der Waals surface area (Å²) >= 11 is 5.71. The Morgan fingerprint density at radius 3 is 3.11 bits per heavy atom. The molecular formula is C12H16N2OS3. The van der Waals surface area contributed by atoms with E-state index in [0.717, 1.165) is 6.54 Å². The number of carbonyl (C=O) groups excluding carboxylic acids is 1. The normalized spacial score (nSPS) is 28.9. The predicted molar refractivity (Wildman–Crippen MR) is 80.3 cm³/mol. The molecule has 0 spiro atoms. The third kappa shape index (κ3) is 2.71. The topological polar surface area (TPSA) is 32.3 Å². The highest BCUT2D eigenvalue weighted by molar-refractivity contribution is 8.06. The van der Waals surface area contributed by atoms with Crippen molar-refractivity contribution in [3.05, 3.63) is 22.4 Å². The van der Waals surface area contributed by atoms with Gasteiger partial charge in [0.05, 0.1) is 6.54 Å². The van der Waals surface area contributed by atoms with Gasteiger partial charge in [-0.05, 0) is 22.4 Å². The highest BCUT2D eigenvalue weighted by Crippen LogP contribution is 2.29. The summed E-state index contributed by atoms with van der Waals surface area (Å²) in [5.41, 5.74) is 1.22. The number of nitrogens with one attached hydrogen (secondary N) is 1. The zero-order valence-electron chi connectivity index (χ0n) is 10.0. The lowest BCUT2D eigenvalue weighted by molar-refractivity contribution is -0.128. The summed E-state index contributed by atoms with van der Waals surface area (Å²) in [6, 6.07) is 2.11. The van der Waals surface area contributed by atoms with Gasteiger partial charge in [-0.3, -0.25) is 10.1 Å². The lowest BCUT2D eigenvalue weighted by Gasteiger charge is -2.29. The van der Waals surface area contributed by atoms with Gasteiger partial charge in [0.25, 0.3) is 0 Å². The molecular weight excluding hydrogens is 284 g/mol. The van der Waals surface area contributed by atoms with E-state index in [1.165, 1.54) is 22.8 Å². The van der Waals surface area contributed by atoms with E-state index in [9.17, 15) is 4.79 Å². The number of nitrogens with zero attached hydrogens (tertiary/aromatic N) is 1. The van der Waals surface area contributed by atoms with Gasteiger partial charge in [0.1, 0.15) is 6.17 Å². The molecule has 0 saturated carbocycles. The van der Waals surface area contributed by atoms with Crippen LogP contribution in [0, 0.1) is 0 Å². The maximum Gasteiger partial charge on any atom is 0.238 e. The van der Waals surface area contributed by atoms with E-state index >= 15 is 0 Å². The number of thioether (sulfide) groups is 2. The van der Waals surface area contributed by atoms with Gasteiger partial charge in [-0.1, -0.05) is 0 Å². The Labute approximate surface area is 120 Å². The number of rotatable bonds is 3. The van der Waals surface area contributed by atoms with Crippen molar-refractivity contribution in [2.75, 3.05) is 30.3 Å². The van der Waals surface area contributed by atoms with Crippen molar-refractivity contribution in [2.45, 2.75) is 11.4 Å². The molecule has 3 nitrogen and oxygen atoms in total. The summed E-state index contributed by atoms with van der Waals surface area (Å²) in [7, 11) is 0. The molecule has 2 unspecified atom stereocenters. The van der Waals surface area contributed by atoms with Crippen molar-refractivity contribution in [3.8, 4) is 0 Å². The Kier molecular flexibility index (Phi) is 4.18. The molecule has 6 heteroatoms. The van der Waals surface area contributed by atoms with Crippen LogP contribution in [0.15, 0.2) is 16.8 Å². The number of hydrogen-bond donors (Lipinski definition) is 1. The summed E-state index contributed by atoms with van der Waals surface area (Å²) in [5.74, 6) is 3.88. The molecule has 0 radical (unpaired) electrons. The third-order valence-corrected chi connectivity index (χ3v) is 6.75. The van der Waals surface area contributed by atoms with Crippen molar-refractivity contribution in [3.63, 3.8) is 0 Å². The average Bonchev–Trinajstić information content (AvgIpc) is 3.02. The molecule has 0 bridgehead atoms. The standard InChI is InChI=1S/C12H16N2OS3/c15-11-5-13-12(9-1-2-16-7-9)14(11)6-10-8-17-3-4-18-10/h1-2,7,10,12-13H,3-6,8H2. The number of hydrogen-bond acceptors (Lipinski definition) is 5. The van der Waals surface area contributed by atoms with E-state index < -0.39 is 0 Å². The van der Waals surface area contributed by atoms with Gasteiger partial charge < -0.3 is 4.90 Å². The molecule has 0 aliphatic carbocycles. The zero-order valence-corrected chi connectivity index (χ0v) is 12.5. The molecule has 1 aromatic rings. The van der Waals surface area contributed by atoms with Gasteiger partial charge in [0.15, 0.2) is 0 Å². The monoisotopic (exact) mass is 300 g/mol. The molecule has 1 amide bonds. The van der Waals surface area contributed by atoms with Gasteiger partial charge in [-0.15, -0.1) is 0 Å². The summed E-state index contributed by atoms with van der Waals surface area (Å²) < 4.78 is 0. The molecule has 2 aliphatic heterocycles. The molecule has 1 N–H and O–H groups in total. The van der Waals surface area contributed by atoms with E-state index in [0.29, 0.717) is 11.8 Å². The summed E-state index contributed by atoms with van der Waals surface area (Å²) in [5, 5.41) is 8.11. The molecule has 3 heterocycles. The summed E-state index contributed by atoms with van der Waals surface area (Å²) in [6.45, 7) is 1.36. The highest BCUT2D eigenvalue weighted by atomic mass is 32.2. The quantitative estimate of drug-likeness (QED) is 0.926. The van der Waals surface area contributed by atoms with Gasteiger partial charge in [-0.2, -0.15) is 34.9 Å². The van der Waals surface area contributed by atoms with Crippen LogP contribution in [0.4, 0.5) is 0 Å². The largest absolute Gasteiger partial charge is 0.321 e. The van der Waals surface area contributed by atoms with Crippen LogP contribution in [0.25, 0.3) is 0 Å². The predicted octanol–water partition coefficient (Wildman–Crippen LogP) is 2.03. The van der Waals surface area contributed by atoms with Crippen LogP contribution >= 0.6 is 34.9 Å². The maximum absolute atomic E-state index is 12.0. The SMILES string of the molecule is O=C1CNC(c2ccsc2)N1CC1CSCCS1. The lowest BCUT2D eigenvalue weighted by atomic mass is 10.2. The number of carbonyl (C=O) groups is 1. The van der Waals surface area contributed by atoms with Crippen LogP contribution in [-0.4, -0.2) is 46.4 Å². The van der Waals surface area contributed by atoms with E-state index in [1.54, 1.807) is 11.3 Å². The van der Waals surface area contributed by atoms with Crippen LogP contribution in [0.2, 0.25) is 0 Å². The fourth-order valence-electron chi connectivity index (χ4n) is 2.34. The van der Waals surface area contributed by atoms with Gasteiger partial charge in [0.2, 0.25) is 5.91 Å². The zero-order chi connectivity index (χ0) is 12.4. The lowest BCUT2D eigenvalue weighted by Crippen LogP contribution is -2.37. The minimum absolute atomic E-state index is 0.0938.